The summed E-state index contributed by atoms with van der Waals surface area (Å²) in [5, 5.41) is 5.66. The predicted molar refractivity (Wildman–Crippen MR) is 110 cm³/mol. The van der Waals surface area contributed by atoms with Crippen LogP contribution < -0.4 is 15.8 Å². The van der Waals surface area contributed by atoms with Crippen molar-refractivity contribution in [3.8, 4) is 5.88 Å². The lowest BCUT2D eigenvalue weighted by molar-refractivity contribution is -0.0528. The smallest absolute Gasteiger partial charge is 0.388 e. The SMILES string of the molecule is C[C@H]1C[C@H]2CSC(N)=NC2(c2nc(NC(=O)c3ccc(OC(F)F)nc3)cs2)CO1. The van der Waals surface area contributed by atoms with E-state index in [1.54, 1.807) is 5.38 Å². The summed E-state index contributed by atoms with van der Waals surface area (Å²) in [5.74, 6) is 0.710. The maximum Gasteiger partial charge on any atom is 0.388 e. The minimum Gasteiger partial charge on any atom is -0.417 e. The highest BCUT2D eigenvalue weighted by atomic mass is 32.2. The number of carbonyl (C=O) groups is 1. The number of rotatable bonds is 5. The van der Waals surface area contributed by atoms with Crippen LogP contribution in [0, 0.1) is 5.92 Å². The number of hydrogen-bond acceptors (Lipinski definition) is 9. The number of carbonyl (C=O) groups excluding carboxylic acids is 1. The fourth-order valence-electron chi connectivity index (χ4n) is 3.47. The van der Waals surface area contributed by atoms with Gasteiger partial charge in [-0.3, -0.25) is 4.79 Å². The summed E-state index contributed by atoms with van der Waals surface area (Å²) in [6.07, 6.45) is 2.15. The first-order valence-electron chi connectivity index (χ1n) is 9.13. The molecule has 4 heterocycles. The number of nitrogens with two attached hydrogens (primary N) is 1. The van der Waals surface area contributed by atoms with E-state index in [1.165, 1.54) is 35.2 Å². The summed E-state index contributed by atoms with van der Waals surface area (Å²) in [6, 6.07) is 2.55. The van der Waals surface area contributed by atoms with E-state index in [4.69, 9.17) is 15.5 Å². The van der Waals surface area contributed by atoms with E-state index in [2.05, 4.69) is 20.0 Å². The van der Waals surface area contributed by atoms with Crippen LogP contribution in [0.2, 0.25) is 0 Å². The Morgan fingerprint density at radius 2 is 2.30 bits per heavy atom. The number of nitrogens with zero attached hydrogens (tertiary/aromatic N) is 3. The zero-order valence-electron chi connectivity index (χ0n) is 15.9. The van der Waals surface area contributed by atoms with Crippen molar-refractivity contribution < 1.29 is 23.0 Å². The maximum atomic E-state index is 12.5. The van der Waals surface area contributed by atoms with Gasteiger partial charge in [0.2, 0.25) is 5.88 Å². The van der Waals surface area contributed by atoms with Crippen molar-refractivity contribution in [1.29, 1.82) is 0 Å². The lowest BCUT2D eigenvalue weighted by Gasteiger charge is -2.44. The van der Waals surface area contributed by atoms with E-state index in [9.17, 15) is 13.6 Å². The molecule has 2 aliphatic rings. The van der Waals surface area contributed by atoms with Crippen molar-refractivity contribution >= 4 is 40.0 Å². The molecule has 8 nitrogen and oxygen atoms in total. The topological polar surface area (TPSA) is 112 Å². The Bertz CT molecular complexity index is 956. The van der Waals surface area contributed by atoms with Crippen LogP contribution in [0.25, 0.3) is 0 Å². The van der Waals surface area contributed by atoms with Gasteiger partial charge in [0.05, 0.1) is 18.3 Å². The van der Waals surface area contributed by atoms with E-state index in [-0.39, 0.29) is 23.5 Å². The molecule has 2 aromatic rings. The van der Waals surface area contributed by atoms with Crippen LogP contribution in [-0.2, 0) is 10.3 Å². The van der Waals surface area contributed by atoms with Gasteiger partial charge in [-0.25, -0.2) is 15.0 Å². The number of hydrogen-bond donors (Lipinski definition) is 2. The fraction of sp³-hybridized carbons (Fsp3) is 0.444. The standard InChI is InChI=1S/C18H19F2N5O3S2/c1-9-4-11-6-30-17(21)25-18(11,8-27-9)15-24-12(7-29-15)23-14(26)10-2-3-13(22-5-10)28-16(19)20/h2-3,5,7,9,11,16H,4,6,8H2,1H3,(H2,21,25)(H,23,26)/t9-,11-,18?/m0/s1. The Kier molecular flexibility index (Phi) is 5.89. The van der Waals surface area contributed by atoms with Crippen LogP contribution in [0.4, 0.5) is 14.6 Å². The molecule has 1 fully saturated rings. The number of aliphatic imine (C=N–C) groups is 1. The van der Waals surface area contributed by atoms with Gasteiger partial charge < -0.3 is 20.5 Å². The molecule has 30 heavy (non-hydrogen) atoms. The minimum atomic E-state index is -2.98. The average Bonchev–Trinajstić information content (AvgIpc) is 3.17. The molecule has 0 spiro atoms. The van der Waals surface area contributed by atoms with Gasteiger partial charge in [-0.2, -0.15) is 8.78 Å². The van der Waals surface area contributed by atoms with E-state index in [0.717, 1.165) is 23.4 Å². The average molecular weight is 456 g/mol. The zero-order valence-corrected chi connectivity index (χ0v) is 17.5. The third kappa shape index (κ3) is 4.25. The van der Waals surface area contributed by atoms with E-state index in [1.807, 2.05) is 6.92 Å². The maximum absolute atomic E-state index is 12.5. The van der Waals surface area contributed by atoms with Gasteiger partial charge in [0, 0.05) is 29.3 Å². The molecule has 0 aromatic carbocycles. The molecular weight excluding hydrogens is 436 g/mol. The predicted octanol–water partition coefficient (Wildman–Crippen LogP) is 3.07. The molecule has 0 saturated carbocycles. The lowest BCUT2D eigenvalue weighted by Crippen LogP contribution is -2.49. The summed E-state index contributed by atoms with van der Waals surface area (Å²) in [7, 11) is 0. The molecule has 0 aliphatic carbocycles. The number of fused-ring (bicyclic) bond motifs is 1. The van der Waals surface area contributed by atoms with Crippen molar-refractivity contribution in [1.82, 2.24) is 9.97 Å². The van der Waals surface area contributed by atoms with Crippen LogP contribution in [0.3, 0.4) is 0 Å². The quantitative estimate of drug-likeness (QED) is 0.713. The van der Waals surface area contributed by atoms with E-state index >= 15 is 0 Å². The van der Waals surface area contributed by atoms with Gasteiger partial charge in [-0.1, -0.05) is 11.8 Å². The number of alkyl halides is 2. The summed E-state index contributed by atoms with van der Waals surface area (Å²) in [4.78, 5) is 25.4. The second-order valence-corrected chi connectivity index (χ2v) is 8.89. The van der Waals surface area contributed by atoms with Crippen LogP contribution in [-0.4, -0.2) is 46.1 Å². The molecule has 3 N–H and O–H groups in total. The van der Waals surface area contributed by atoms with Crippen molar-refractivity contribution in [2.45, 2.75) is 31.6 Å². The number of thiazole rings is 1. The van der Waals surface area contributed by atoms with Crippen LogP contribution in [0.1, 0.15) is 28.7 Å². The Hall–Kier alpha value is -2.31. The number of halogens is 2. The zero-order chi connectivity index (χ0) is 21.3. The Balaban J connectivity index is 1.51. The molecule has 3 atom stereocenters. The van der Waals surface area contributed by atoms with Crippen molar-refractivity contribution in [3.05, 3.63) is 34.3 Å². The summed E-state index contributed by atoms with van der Waals surface area (Å²) >= 11 is 2.92. The molecule has 1 saturated heterocycles. The summed E-state index contributed by atoms with van der Waals surface area (Å²) in [5.41, 5.74) is 5.55. The largest absolute Gasteiger partial charge is 0.417 e. The van der Waals surface area contributed by atoms with Crippen LogP contribution in [0.15, 0.2) is 28.7 Å². The summed E-state index contributed by atoms with van der Waals surface area (Å²) < 4.78 is 34.5. The molecule has 160 valence electrons. The second kappa shape index (κ2) is 8.44. The monoisotopic (exact) mass is 455 g/mol. The van der Waals surface area contributed by atoms with Gasteiger partial charge in [0.15, 0.2) is 5.17 Å². The highest BCUT2D eigenvalue weighted by Gasteiger charge is 2.49. The molecular formula is C18H19F2N5O3S2. The third-order valence-corrected chi connectivity index (χ3v) is 6.91. The molecule has 2 aromatic heterocycles. The van der Waals surface area contributed by atoms with Gasteiger partial charge in [0.25, 0.3) is 5.91 Å². The van der Waals surface area contributed by atoms with Gasteiger partial charge in [-0.05, 0) is 19.4 Å². The molecule has 4 rings (SSSR count). The first-order chi connectivity index (χ1) is 14.4. The number of pyridine rings is 1. The van der Waals surface area contributed by atoms with Crippen molar-refractivity contribution in [2.24, 2.45) is 16.6 Å². The Morgan fingerprint density at radius 3 is 3.03 bits per heavy atom. The molecule has 2 aliphatic heterocycles. The fourth-order valence-corrected chi connectivity index (χ4v) is 5.45. The summed E-state index contributed by atoms with van der Waals surface area (Å²) in [6.45, 7) is -0.554. The normalized spacial score (nSPS) is 26.1. The number of amidine groups is 1. The molecule has 1 amide bonds. The van der Waals surface area contributed by atoms with Gasteiger partial charge in [-0.15, -0.1) is 11.3 Å². The number of nitrogens with one attached hydrogen (secondary N) is 1. The number of ether oxygens (including phenoxy) is 2. The Morgan fingerprint density at radius 1 is 1.47 bits per heavy atom. The van der Waals surface area contributed by atoms with E-state index in [0.29, 0.717) is 17.6 Å². The molecule has 0 radical (unpaired) electrons. The van der Waals surface area contributed by atoms with Crippen LogP contribution >= 0.6 is 23.1 Å². The second-order valence-electron chi connectivity index (χ2n) is 7.00. The first kappa shape index (κ1) is 20.9. The van der Waals surface area contributed by atoms with Gasteiger partial charge >= 0.3 is 6.61 Å². The first-order valence-corrected chi connectivity index (χ1v) is 11.0. The van der Waals surface area contributed by atoms with E-state index < -0.39 is 18.1 Å². The number of aromatic nitrogens is 2. The number of thioether (sulfide) groups is 1. The van der Waals surface area contributed by atoms with Crippen molar-refractivity contribution in [3.63, 3.8) is 0 Å². The molecule has 1 unspecified atom stereocenters. The molecule has 12 heteroatoms. The van der Waals surface area contributed by atoms with Gasteiger partial charge in [0.1, 0.15) is 16.4 Å². The third-order valence-electron chi connectivity index (χ3n) is 4.95. The highest BCUT2D eigenvalue weighted by molar-refractivity contribution is 8.13. The van der Waals surface area contributed by atoms with Crippen LogP contribution in [0.5, 0.6) is 5.88 Å². The minimum absolute atomic E-state index is 0.141. The number of amides is 1. The van der Waals surface area contributed by atoms with Crippen molar-refractivity contribution in [2.75, 3.05) is 17.7 Å². The Labute approximate surface area is 179 Å². The molecule has 0 bridgehead atoms. The number of anilines is 1. The lowest BCUT2D eigenvalue weighted by atomic mass is 9.80. The highest BCUT2D eigenvalue weighted by Crippen LogP contribution is 2.47.